The van der Waals surface area contributed by atoms with Crippen LogP contribution in [0.15, 0.2) is 48.5 Å². The molecule has 0 bridgehead atoms. The lowest BCUT2D eigenvalue weighted by Gasteiger charge is -2.33. The summed E-state index contributed by atoms with van der Waals surface area (Å²) in [5, 5.41) is 0. The molecule has 1 atom stereocenters. The van der Waals surface area contributed by atoms with E-state index in [1.807, 2.05) is 0 Å². The number of carbonyl (C=O) groups is 3. The Balaban J connectivity index is 1.82. The third-order valence-corrected chi connectivity index (χ3v) is 4.10. The number of rotatable bonds is 6. The van der Waals surface area contributed by atoms with E-state index in [-0.39, 0.29) is 25.3 Å². The lowest BCUT2D eigenvalue weighted by atomic mass is 9.98. The fraction of sp³-hybridized carbons (Fsp3) is 0.211. The van der Waals surface area contributed by atoms with Crippen LogP contribution in [-0.4, -0.2) is 28.8 Å². The van der Waals surface area contributed by atoms with E-state index in [1.54, 1.807) is 24.3 Å². The molecular weight excluding hydrogens is 339 g/mol. The van der Waals surface area contributed by atoms with Crippen molar-refractivity contribution in [1.29, 1.82) is 0 Å². The molecule has 0 saturated heterocycles. The molecule has 0 radical (unpaired) electrons. The topological polar surface area (TPSA) is 89.7 Å². The SMILES string of the molecule is NC(=O)CC(OCc1ccc(F)cc1)N1C(=O)Cc2ccccc2C1=O. The minimum atomic E-state index is -1.12. The number of ether oxygens (including phenoxy) is 1. The number of hydrogen-bond acceptors (Lipinski definition) is 4. The molecule has 2 aromatic rings. The van der Waals surface area contributed by atoms with Crippen molar-refractivity contribution in [2.45, 2.75) is 25.7 Å². The van der Waals surface area contributed by atoms with E-state index < -0.39 is 23.9 Å². The third-order valence-electron chi connectivity index (χ3n) is 4.10. The Hall–Kier alpha value is -3.06. The molecule has 0 saturated carbocycles. The van der Waals surface area contributed by atoms with E-state index in [1.165, 1.54) is 24.3 Å². The van der Waals surface area contributed by atoms with Gasteiger partial charge in [0.25, 0.3) is 5.91 Å². The van der Waals surface area contributed by atoms with Gasteiger partial charge >= 0.3 is 0 Å². The number of carbonyl (C=O) groups excluding carboxylic acids is 3. The predicted octanol–water partition coefficient (Wildman–Crippen LogP) is 1.77. The fourth-order valence-electron chi connectivity index (χ4n) is 2.84. The van der Waals surface area contributed by atoms with Gasteiger partial charge in [-0.1, -0.05) is 30.3 Å². The number of benzene rings is 2. The quantitative estimate of drug-likeness (QED) is 0.799. The first-order chi connectivity index (χ1) is 12.5. The third kappa shape index (κ3) is 3.78. The maximum Gasteiger partial charge on any atom is 0.262 e. The summed E-state index contributed by atoms with van der Waals surface area (Å²) in [5.41, 5.74) is 6.92. The Morgan fingerprint density at radius 1 is 1.15 bits per heavy atom. The van der Waals surface area contributed by atoms with Crippen LogP contribution in [0.25, 0.3) is 0 Å². The molecule has 1 aliphatic rings. The number of primary amides is 1. The standard InChI is InChI=1S/C19H17FN2O4/c20-14-7-5-12(6-8-14)11-26-18(10-16(21)23)22-17(24)9-13-3-1-2-4-15(13)19(22)25/h1-8,18H,9-11H2,(H2,21,23). The molecule has 134 valence electrons. The van der Waals surface area contributed by atoms with Gasteiger partial charge in [0.05, 0.1) is 19.4 Å². The highest BCUT2D eigenvalue weighted by Crippen LogP contribution is 2.23. The zero-order chi connectivity index (χ0) is 18.7. The fourth-order valence-corrected chi connectivity index (χ4v) is 2.84. The van der Waals surface area contributed by atoms with Gasteiger partial charge in [-0.25, -0.2) is 4.39 Å². The molecule has 0 aromatic heterocycles. The average Bonchev–Trinajstić information content (AvgIpc) is 2.60. The van der Waals surface area contributed by atoms with Gasteiger partial charge in [-0.05, 0) is 29.3 Å². The van der Waals surface area contributed by atoms with Crippen molar-refractivity contribution in [3.63, 3.8) is 0 Å². The van der Waals surface area contributed by atoms with E-state index in [2.05, 4.69) is 0 Å². The van der Waals surface area contributed by atoms with E-state index in [9.17, 15) is 18.8 Å². The second-order valence-electron chi connectivity index (χ2n) is 5.97. The van der Waals surface area contributed by atoms with Crippen LogP contribution in [0, 0.1) is 5.82 Å². The smallest absolute Gasteiger partial charge is 0.262 e. The number of halogens is 1. The Bertz CT molecular complexity index is 851. The number of hydrogen-bond donors (Lipinski definition) is 1. The van der Waals surface area contributed by atoms with Gasteiger partial charge in [0.2, 0.25) is 11.8 Å². The Morgan fingerprint density at radius 3 is 2.54 bits per heavy atom. The van der Waals surface area contributed by atoms with Crippen molar-refractivity contribution >= 4 is 17.7 Å². The van der Waals surface area contributed by atoms with Crippen molar-refractivity contribution in [2.24, 2.45) is 5.73 Å². The molecule has 7 heteroatoms. The molecule has 3 rings (SSSR count). The van der Waals surface area contributed by atoms with Crippen molar-refractivity contribution < 1.29 is 23.5 Å². The summed E-state index contributed by atoms with van der Waals surface area (Å²) >= 11 is 0. The first kappa shape index (κ1) is 17.8. The zero-order valence-electron chi connectivity index (χ0n) is 13.9. The first-order valence-electron chi connectivity index (χ1n) is 8.04. The molecule has 0 spiro atoms. The van der Waals surface area contributed by atoms with Gasteiger partial charge in [-0.2, -0.15) is 0 Å². The van der Waals surface area contributed by atoms with Crippen LogP contribution in [0.3, 0.4) is 0 Å². The summed E-state index contributed by atoms with van der Waals surface area (Å²) in [6, 6.07) is 12.4. The molecular formula is C19H17FN2O4. The summed E-state index contributed by atoms with van der Waals surface area (Å²) in [6.07, 6.45) is -1.40. The number of amides is 3. The average molecular weight is 356 g/mol. The van der Waals surface area contributed by atoms with Crippen LogP contribution < -0.4 is 5.73 Å². The second-order valence-corrected chi connectivity index (χ2v) is 5.97. The highest BCUT2D eigenvalue weighted by molar-refractivity contribution is 6.10. The van der Waals surface area contributed by atoms with Crippen LogP contribution >= 0.6 is 0 Å². The highest BCUT2D eigenvalue weighted by atomic mass is 19.1. The molecule has 0 aliphatic carbocycles. The van der Waals surface area contributed by atoms with Gasteiger partial charge < -0.3 is 10.5 Å². The van der Waals surface area contributed by atoms with Crippen LogP contribution in [0.2, 0.25) is 0 Å². The Kier molecular flexibility index (Phi) is 5.09. The number of nitrogens with zero attached hydrogens (tertiary/aromatic N) is 1. The Morgan fingerprint density at radius 2 is 1.85 bits per heavy atom. The van der Waals surface area contributed by atoms with Crippen LogP contribution in [0.5, 0.6) is 0 Å². The van der Waals surface area contributed by atoms with Crippen LogP contribution in [0.4, 0.5) is 4.39 Å². The van der Waals surface area contributed by atoms with E-state index in [4.69, 9.17) is 10.5 Å². The summed E-state index contributed by atoms with van der Waals surface area (Å²) in [7, 11) is 0. The van der Waals surface area contributed by atoms with Gasteiger partial charge in [0.15, 0.2) is 0 Å². The summed E-state index contributed by atoms with van der Waals surface area (Å²) < 4.78 is 18.6. The number of imide groups is 1. The zero-order valence-corrected chi connectivity index (χ0v) is 13.9. The van der Waals surface area contributed by atoms with Gasteiger partial charge in [0.1, 0.15) is 12.0 Å². The molecule has 6 nitrogen and oxygen atoms in total. The Labute approximate surface area is 149 Å². The molecule has 1 unspecified atom stereocenters. The van der Waals surface area contributed by atoms with Crippen LogP contribution in [-0.2, 0) is 27.4 Å². The molecule has 26 heavy (non-hydrogen) atoms. The first-order valence-corrected chi connectivity index (χ1v) is 8.04. The van der Waals surface area contributed by atoms with Gasteiger partial charge in [-0.3, -0.25) is 19.3 Å². The molecule has 2 N–H and O–H groups in total. The molecule has 2 aromatic carbocycles. The van der Waals surface area contributed by atoms with Gasteiger partial charge in [0, 0.05) is 5.56 Å². The van der Waals surface area contributed by atoms with E-state index in [0.717, 1.165) is 4.90 Å². The molecule has 3 amide bonds. The lowest BCUT2D eigenvalue weighted by Crippen LogP contribution is -2.50. The maximum atomic E-state index is 13.0. The van der Waals surface area contributed by atoms with Crippen molar-refractivity contribution in [2.75, 3.05) is 0 Å². The second kappa shape index (κ2) is 7.45. The number of fused-ring (bicyclic) bond motifs is 1. The van der Waals surface area contributed by atoms with Crippen LogP contribution in [0.1, 0.15) is 27.9 Å². The summed E-state index contributed by atoms with van der Waals surface area (Å²) in [6.45, 7) is -0.00304. The van der Waals surface area contributed by atoms with Crippen molar-refractivity contribution in [3.8, 4) is 0 Å². The van der Waals surface area contributed by atoms with Crippen molar-refractivity contribution in [1.82, 2.24) is 4.90 Å². The molecule has 0 fully saturated rings. The lowest BCUT2D eigenvalue weighted by molar-refractivity contribution is -0.144. The molecule has 1 aliphatic heterocycles. The maximum absolute atomic E-state index is 13.0. The van der Waals surface area contributed by atoms with Crippen molar-refractivity contribution in [3.05, 3.63) is 71.0 Å². The minimum absolute atomic E-state index is 0.00304. The highest BCUT2D eigenvalue weighted by Gasteiger charge is 2.37. The monoisotopic (exact) mass is 356 g/mol. The van der Waals surface area contributed by atoms with E-state index >= 15 is 0 Å². The predicted molar refractivity (Wildman–Crippen MR) is 90.1 cm³/mol. The van der Waals surface area contributed by atoms with Gasteiger partial charge in [-0.15, -0.1) is 0 Å². The largest absolute Gasteiger partial charge is 0.370 e. The molecule has 1 heterocycles. The normalized spacial score (nSPS) is 14.9. The summed E-state index contributed by atoms with van der Waals surface area (Å²) in [5.74, 6) is -2.07. The van der Waals surface area contributed by atoms with E-state index in [0.29, 0.717) is 16.7 Å². The number of nitrogens with two attached hydrogens (primary N) is 1. The summed E-state index contributed by atoms with van der Waals surface area (Å²) in [4.78, 5) is 37.6. The minimum Gasteiger partial charge on any atom is -0.370 e.